The number of amides is 1. The van der Waals surface area contributed by atoms with E-state index in [1.807, 2.05) is 4.90 Å². The minimum absolute atomic E-state index is 0.0969. The number of nitrogens with one attached hydrogen (secondary N) is 1. The van der Waals surface area contributed by atoms with Crippen molar-refractivity contribution in [1.29, 1.82) is 0 Å². The fourth-order valence-electron chi connectivity index (χ4n) is 4.43. The zero-order valence-corrected chi connectivity index (χ0v) is 17.1. The van der Waals surface area contributed by atoms with Gasteiger partial charge in [-0.15, -0.1) is 0 Å². The summed E-state index contributed by atoms with van der Waals surface area (Å²) in [4.78, 5) is 17.3. The quantitative estimate of drug-likeness (QED) is 0.805. The Morgan fingerprint density at radius 1 is 1.14 bits per heavy atom. The molecule has 0 unspecified atom stereocenters. The molecule has 0 saturated carbocycles. The zero-order chi connectivity index (χ0) is 20.1. The Hall–Kier alpha value is -1.53. The van der Waals surface area contributed by atoms with Crippen molar-refractivity contribution in [3.8, 4) is 0 Å². The third-order valence-electron chi connectivity index (χ3n) is 6.34. The molecule has 156 valence electrons. The SMILES string of the molecule is CC(C)C1CCN(CC(=O)N(Cc2ccc(F)c(F)c2)C2CCNCC2)CC1. The van der Waals surface area contributed by atoms with Gasteiger partial charge in [-0.05, 0) is 81.4 Å². The second kappa shape index (κ2) is 9.79. The fourth-order valence-corrected chi connectivity index (χ4v) is 4.43. The first-order chi connectivity index (χ1) is 13.4. The third kappa shape index (κ3) is 5.51. The van der Waals surface area contributed by atoms with E-state index < -0.39 is 11.6 Å². The van der Waals surface area contributed by atoms with Crippen molar-refractivity contribution in [2.24, 2.45) is 11.8 Å². The van der Waals surface area contributed by atoms with E-state index in [1.165, 1.54) is 6.07 Å². The second-order valence-corrected chi connectivity index (χ2v) is 8.61. The molecule has 1 amide bonds. The zero-order valence-electron chi connectivity index (χ0n) is 17.1. The average Bonchev–Trinajstić information content (AvgIpc) is 2.69. The molecule has 0 bridgehead atoms. The highest BCUT2D eigenvalue weighted by Gasteiger charge is 2.29. The van der Waals surface area contributed by atoms with Gasteiger partial charge >= 0.3 is 0 Å². The summed E-state index contributed by atoms with van der Waals surface area (Å²) in [5.74, 6) is -0.173. The summed E-state index contributed by atoms with van der Waals surface area (Å²) in [7, 11) is 0. The molecule has 2 fully saturated rings. The highest BCUT2D eigenvalue weighted by molar-refractivity contribution is 5.78. The third-order valence-corrected chi connectivity index (χ3v) is 6.34. The molecule has 2 aliphatic heterocycles. The van der Waals surface area contributed by atoms with E-state index in [9.17, 15) is 13.6 Å². The van der Waals surface area contributed by atoms with E-state index in [-0.39, 0.29) is 11.9 Å². The number of halogens is 2. The molecule has 4 nitrogen and oxygen atoms in total. The molecular weight excluding hydrogens is 360 g/mol. The van der Waals surface area contributed by atoms with Crippen LogP contribution in [0, 0.1) is 23.5 Å². The lowest BCUT2D eigenvalue weighted by Gasteiger charge is -2.38. The normalized spacial score (nSPS) is 19.9. The highest BCUT2D eigenvalue weighted by atomic mass is 19.2. The Morgan fingerprint density at radius 3 is 2.43 bits per heavy atom. The van der Waals surface area contributed by atoms with Gasteiger partial charge in [-0.3, -0.25) is 9.69 Å². The van der Waals surface area contributed by atoms with Crippen LogP contribution >= 0.6 is 0 Å². The van der Waals surface area contributed by atoms with Crippen LogP contribution in [0.3, 0.4) is 0 Å². The van der Waals surface area contributed by atoms with Gasteiger partial charge < -0.3 is 10.2 Å². The Labute approximate surface area is 167 Å². The molecule has 6 heteroatoms. The van der Waals surface area contributed by atoms with Crippen LogP contribution < -0.4 is 5.32 Å². The predicted molar refractivity (Wildman–Crippen MR) is 107 cm³/mol. The van der Waals surface area contributed by atoms with Gasteiger partial charge in [0.15, 0.2) is 11.6 Å². The van der Waals surface area contributed by atoms with E-state index >= 15 is 0 Å². The maximum Gasteiger partial charge on any atom is 0.237 e. The van der Waals surface area contributed by atoms with E-state index in [4.69, 9.17) is 0 Å². The monoisotopic (exact) mass is 393 g/mol. The number of piperidine rings is 2. The summed E-state index contributed by atoms with van der Waals surface area (Å²) >= 11 is 0. The van der Waals surface area contributed by atoms with Crippen LogP contribution in [0.1, 0.15) is 45.1 Å². The average molecular weight is 394 g/mol. The first kappa shape index (κ1) is 21.2. The number of benzene rings is 1. The van der Waals surface area contributed by atoms with E-state index in [0.717, 1.165) is 63.8 Å². The molecular formula is C22H33F2N3O. The minimum Gasteiger partial charge on any atom is -0.334 e. The summed E-state index contributed by atoms with van der Waals surface area (Å²) < 4.78 is 26.9. The number of nitrogens with zero attached hydrogens (tertiary/aromatic N) is 2. The van der Waals surface area contributed by atoms with Gasteiger partial charge in [-0.1, -0.05) is 19.9 Å². The van der Waals surface area contributed by atoms with Crippen molar-refractivity contribution in [3.63, 3.8) is 0 Å². The van der Waals surface area contributed by atoms with Crippen LogP contribution in [0.2, 0.25) is 0 Å². The number of hydrogen-bond acceptors (Lipinski definition) is 3. The maximum absolute atomic E-state index is 13.7. The van der Waals surface area contributed by atoms with Crippen LogP contribution in [0.25, 0.3) is 0 Å². The van der Waals surface area contributed by atoms with Crippen LogP contribution in [0.5, 0.6) is 0 Å². The number of carbonyl (C=O) groups is 1. The van der Waals surface area contributed by atoms with Gasteiger partial charge in [-0.2, -0.15) is 0 Å². The van der Waals surface area contributed by atoms with Crippen molar-refractivity contribution in [2.75, 3.05) is 32.7 Å². The highest BCUT2D eigenvalue weighted by Crippen LogP contribution is 2.25. The van der Waals surface area contributed by atoms with Crippen LogP contribution in [0.15, 0.2) is 18.2 Å². The lowest BCUT2D eigenvalue weighted by Crippen LogP contribution is -2.50. The van der Waals surface area contributed by atoms with Gasteiger partial charge in [0.25, 0.3) is 0 Å². The number of carbonyl (C=O) groups excluding carboxylic acids is 1. The summed E-state index contributed by atoms with van der Waals surface area (Å²) in [6, 6.07) is 4.08. The molecule has 1 aromatic carbocycles. The fraction of sp³-hybridized carbons (Fsp3) is 0.682. The number of likely N-dealkylation sites (tertiary alicyclic amines) is 1. The molecule has 0 atom stereocenters. The van der Waals surface area contributed by atoms with E-state index in [2.05, 4.69) is 24.1 Å². The Bertz CT molecular complexity index is 653. The van der Waals surface area contributed by atoms with Gasteiger partial charge in [0.1, 0.15) is 0 Å². The molecule has 2 saturated heterocycles. The van der Waals surface area contributed by atoms with E-state index in [0.29, 0.717) is 24.6 Å². The molecule has 2 aliphatic rings. The Kier molecular flexibility index (Phi) is 7.41. The van der Waals surface area contributed by atoms with E-state index in [1.54, 1.807) is 6.07 Å². The molecule has 0 radical (unpaired) electrons. The molecule has 1 aromatic rings. The van der Waals surface area contributed by atoms with Gasteiger partial charge in [-0.25, -0.2) is 8.78 Å². The number of hydrogen-bond donors (Lipinski definition) is 1. The topological polar surface area (TPSA) is 35.6 Å². The molecule has 2 heterocycles. The van der Waals surface area contributed by atoms with Crippen LogP contribution in [-0.4, -0.2) is 54.5 Å². The molecule has 1 N–H and O–H groups in total. The number of rotatable bonds is 6. The molecule has 28 heavy (non-hydrogen) atoms. The molecule has 0 spiro atoms. The smallest absolute Gasteiger partial charge is 0.237 e. The maximum atomic E-state index is 13.7. The summed E-state index contributed by atoms with van der Waals surface area (Å²) in [6.45, 7) is 8.97. The lowest BCUT2D eigenvalue weighted by atomic mass is 9.87. The predicted octanol–water partition coefficient (Wildman–Crippen LogP) is 3.41. The van der Waals surface area contributed by atoms with Crippen molar-refractivity contribution in [1.82, 2.24) is 15.1 Å². The summed E-state index contributed by atoms with van der Waals surface area (Å²) in [6.07, 6.45) is 4.07. The van der Waals surface area contributed by atoms with Crippen LogP contribution in [0.4, 0.5) is 8.78 Å². The van der Waals surface area contributed by atoms with Crippen molar-refractivity contribution in [2.45, 2.75) is 52.1 Å². The first-order valence-corrected chi connectivity index (χ1v) is 10.6. The largest absolute Gasteiger partial charge is 0.334 e. The van der Waals surface area contributed by atoms with Crippen LogP contribution in [-0.2, 0) is 11.3 Å². The molecule has 3 rings (SSSR count). The summed E-state index contributed by atoms with van der Waals surface area (Å²) in [5.41, 5.74) is 0.643. The van der Waals surface area contributed by atoms with Crippen molar-refractivity contribution >= 4 is 5.91 Å². The van der Waals surface area contributed by atoms with Crippen molar-refractivity contribution < 1.29 is 13.6 Å². The van der Waals surface area contributed by atoms with Gasteiger partial charge in [0.05, 0.1) is 6.54 Å². The van der Waals surface area contributed by atoms with Gasteiger partial charge in [0, 0.05) is 12.6 Å². The van der Waals surface area contributed by atoms with Crippen molar-refractivity contribution in [3.05, 3.63) is 35.4 Å². The lowest BCUT2D eigenvalue weighted by molar-refractivity contribution is -0.136. The first-order valence-electron chi connectivity index (χ1n) is 10.6. The summed E-state index contributed by atoms with van der Waals surface area (Å²) in [5, 5.41) is 3.33. The van der Waals surface area contributed by atoms with Gasteiger partial charge in [0.2, 0.25) is 5.91 Å². The molecule has 0 aliphatic carbocycles. The second-order valence-electron chi connectivity index (χ2n) is 8.61. The molecule has 0 aromatic heterocycles. The Balaban J connectivity index is 1.65. The minimum atomic E-state index is -0.856. The Morgan fingerprint density at radius 2 is 1.82 bits per heavy atom. The standard InChI is InChI=1S/C22H33F2N3O/c1-16(2)18-7-11-26(12-8-18)15-22(28)27(19-5-9-25-10-6-19)14-17-3-4-20(23)21(24)13-17/h3-4,13,16,18-19,25H,5-12,14-15H2,1-2H3.